The number of aliphatic hydroxyl groups excluding tert-OH is 1. The van der Waals surface area contributed by atoms with Crippen LogP contribution in [0.15, 0.2) is 36.0 Å². The van der Waals surface area contributed by atoms with Crippen molar-refractivity contribution in [2.75, 3.05) is 27.2 Å². The topological polar surface area (TPSA) is 95.9 Å². The average molecular weight is 453 g/mol. The van der Waals surface area contributed by atoms with Gasteiger partial charge in [0.2, 0.25) is 0 Å². The molecule has 1 atom stereocenters. The van der Waals surface area contributed by atoms with E-state index in [0.29, 0.717) is 41.4 Å². The summed E-state index contributed by atoms with van der Waals surface area (Å²) in [5.74, 6) is -0.403. The third-order valence-electron chi connectivity index (χ3n) is 5.44. The van der Waals surface area contributed by atoms with Crippen LogP contribution in [0.2, 0.25) is 0 Å². The van der Waals surface area contributed by atoms with Crippen LogP contribution in [0.25, 0.3) is 5.76 Å². The molecule has 0 radical (unpaired) electrons. The van der Waals surface area contributed by atoms with Gasteiger partial charge in [-0.15, -0.1) is 0 Å². The lowest BCUT2D eigenvalue weighted by Crippen LogP contribution is -2.32. The van der Waals surface area contributed by atoms with Crippen molar-refractivity contribution >= 4 is 17.4 Å². The highest BCUT2D eigenvalue weighted by molar-refractivity contribution is 6.46. The predicted octanol–water partition coefficient (Wildman–Crippen LogP) is 3.25. The van der Waals surface area contributed by atoms with E-state index in [9.17, 15) is 14.7 Å². The zero-order chi connectivity index (χ0) is 24.3. The fourth-order valence-corrected chi connectivity index (χ4v) is 4.01. The smallest absolute Gasteiger partial charge is 0.295 e. The quantitative estimate of drug-likeness (QED) is 0.373. The Labute approximate surface area is 194 Å². The fraction of sp³-hybridized carbons (Fsp3) is 0.440. The summed E-state index contributed by atoms with van der Waals surface area (Å²) in [6.45, 7) is 8.49. The summed E-state index contributed by atoms with van der Waals surface area (Å²) in [5, 5.41) is 11.2. The number of ether oxygens (including phenoxy) is 1. The third-order valence-corrected chi connectivity index (χ3v) is 5.44. The van der Waals surface area contributed by atoms with Crippen molar-refractivity contribution in [2.24, 2.45) is 0 Å². The number of hydrogen-bond donors (Lipinski definition) is 1. The highest BCUT2D eigenvalue weighted by atomic mass is 16.5. The Morgan fingerprint density at radius 1 is 1.24 bits per heavy atom. The maximum Gasteiger partial charge on any atom is 0.295 e. The highest BCUT2D eigenvalue weighted by Gasteiger charge is 2.46. The van der Waals surface area contributed by atoms with Crippen LogP contribution in [0.4, 0.5) is 0 Å². The van der Waals surface area contributed by atoms with Gasteiger partial charge in [-0.3, -0.25) is 9.59 Å². The summed E-state index contributed by atoms with van der Waals surface area (Å²) in [7, 11) is 3.91. The minimum Gasteiger partial charge on any atom is -0.507 e. The second-order valence-electron chi connectivity index (χ2n) is 8.80. The molecule has 0 saturated carbocycles. The van der Waals surface area contributed by atoms with Crippen molar-refractivity contribution in [1.29, 1.82) is 0 Å². The summed E-state index contributed by atoms with van der Waals surface area (Å²) >= 11 is 0. The second kappa shape index (κ2) is 10.1. The van der Waals surface area contributed by atoms with E-state index < -0.39 is 17.7 Å². The molecule has 2 aromatic rings. The first-order chi connectivity index (χ1) is 15.6. The van der Waals surface area contributed by atoms with Crippen LogP contribution in [0.3, 0.4) is 0 Å². The lowest BCUT2D eigenvalue weighted by Gasteiger charge is -2.26. The van der Waals surface area contributed by atoms with Gasteiger partial charge in [-0.2, -0.15) is 0 Å². The van der Waals surface area contributed by atoms with Gasteiger partial charge in [0.25, 0.3) is 11.7 Å². The van der Waals surface area contributed by atoms with Crippen LogP contribution in [0, 0.1) is 13.8 Å². The van der Waals surface area contributed by atoms with Gasteiger partial charge in [0.05, 0.1) is 29.0 Å². The highest BCUT2D eigenvalue weighted by Crippen LogP contribution is 2.40. The third kappa shape index (κ3) is 5.39. The van der Waals surface area contributed by atoms with E-state index in [1.807, 2.05) is 57.1 Å². The molecule has 1 saturated heterocycles. The van der Waals surface area contributed by atoms with Crippen LogP contribution >= 0.6 is 0 Å². The number of nitrogens with zero attached hydrogens (tertiary/aromatic N) is 4. The first-order valence-electron chi connectivity index (χ1n) is 11.1. The number of Topliss-reactive ketones (excluding diaryl/α,β-unsaturated/α-hetero) is 1. The molecule has 0 bridgehead atoms. The number of likely N-dealkylation sites (tertiary alicyclic amines) is 1. The Morgan fingerprint density at radius 3 is 2.61 bits per heavy atom. The lowest BCUT2D eigenvalue weighted by molar-refractivity contribution is -0.139. The Bertz CT molecular complexity index is 1080. The maximum atomic E-state index is 13.2. The van der Waals surface area contributed by atoms with Crippen LogP contribution in [-0.2, 0) is 9.59 Å². The molecule has 3 rings (SSSR count). The Balaban J connectivity index is 2.13. The van der Waals surface area contributed by atoms with Crippen LogP contribution in [-0.4, -0.2) is 69.9 Å². The summed E-state index contributed by atoms with van der Waals surface area (Å²) < 4.78 is 5.83. The molecule has 1 aliphatic heterocycles. The standard InChI is InChI=1S/C25H32N4O4/c1-15(2)33-19-10-7-9-18(13-19)22-21(23(30)20-14-26-17(4)27-16(20)3)24(31)25(32)29(22)12-8-11-28(5)6/h7,9-10,13-15,22,30H,8,11-12H2,1-6H3/b23-21+/t22-/m1/s1. The van der Waals surface area contributed by atoms with Crippen molar-refractivity contribution in [3.8, 4) is 5.75 Å². The number of amides is 1. The lowest BCUT2D eigenvalue weighted by atomic mass is 9.95. The first kappa shape index (κ1) is 24.4. The summed E-state index contributed by atoms with van der Waals surface area (Å²) in [6.07, 6.45) is 2.15. The van der Waals surface area contributed by atoms with Gasteiger partial charge in [0.15, 0.2) is 0 Å². The minimum atomic E-state index is -0.733. The Morgan fingerprint density at radius 2 is 1.97 bits per heavy atom. The van der Waals surface area contributed by atoms with E-state index in [0.717, 1.165) is 6.54 Å². The van der Waals surface area contributed by atoms with Gasteiger partial charge in [0.1, 0.15) is 17.3 Å². The molecule has 1 amide bonds. The van der Waals surface area contributed by atoms with Crippen molar-refractivity contribution < 1.29 is 19.4 Å². The molecule has 1 fully saturated rings. The van der Waals surface area contributed by atoms with Gasteiger partial charge in [0, 0.05) is 12.7 Å². The summed E-state index contributed by atoms with van der Waals surface area (Å²) in [4.78, 5) is 38.3. The molecule has 8 nitrogen and oxygen atoms in total. The van der Waals surface area contributed by atoms with Gasteiger partial charge in [-0.1, -0.05) is 12.1 Å². The van der Waals surface area contributed by atoms with Crippen LogP contribution < -0.4 is 4.74 Å². The molecule has 0 unspecified atom stereocenters. The number of benzene rings is 1. The number of hydrogen-bond acceptors (Lipinski definition) is 7. The molecule has 1 aromatic carbocycles. The first-order valence-corrected chi connectivity index (χ1v) is 11.1. The van der Waals surface area contributed by atoms with Crippen molar-refractivity contribution in [1.82, 2.24) is 19.8 Å². The Hall–Kier alpha value is -3.26. The molecule has 176 valence electrons. The number of aryl methyl sites for hydroxylation is 2. The van der Waals surface area contributed by atoms with E-state index >= 15 is 0 Å². The summed E-state index contributed by atoms with van der Waals surface area (Å²) in [6, 6.07) is 6.59. The molecule has 8 heteroatoms. The summed E-state index contributed by atoms with van der Waals surface area (Å²) in [5.41, 5.74) is 1.62. The number of aromatic nitrogens is 2. The molecular formula is C25H32N4O4. The SMILES string of the molecule is Cc1ncc(/C(O)=C2\C(=O)C(=O)N(CCCN(C)C)[C@@H]2c2cccc(OC(C)C)c2)c(C)n1. The minimum absolute atomic E-state index is 0.0286. The van der Waals surface area contributed by atoms with E-state index in [4.69, 9.17) is 4.74 Å². The second-order valence-corrected chi connectivity index (χ2v) is 8.80. The Kier molecular flexibility index (Phi) is 7.48. The monoisotopic (exact) mass is 452 g/mol. The molecule has 1 N–H and O–H groups in total. The normalized spacial score (nSPS) is 17.9. The number of aliphatic hydroxyl groups is 1. The average Bonchev–Trinajstić information content (AvgIpc) is 2.98. The van der Waals surface area contributed by atoms with Crippen LogP contribution in [0.5, 0.6) is 5.75 Å². The van der Waals surface area contributed by atoms with E-state index in [1.54, 1.807) is 13.8 Å². The van der Waals surface area contributed by atoms with E-state index in [-0.39, 0.29) is 17.4 Å². The zero-order valence-corrected chi connectivity index (χ0v) is 20.1. The van der Waals surface area contributed by atoms with Crippen molar-refractivity contribution in [2.45, 2.75) is 46.3 Å². The molecule has 33 heavy (non-hydrogen) atoms. The van der Waals surface area contributed by atoms with Gasteiger partial charge < -0.3 is 19.6 Å². The molecule has 1 aliphatic rings. The number of carbonyl (C=O) groups is 2. The fourth-order valence-electron chi connectivity index (χ4n) is 4.01. The van der Waals surface area contributed by atoms with E-state index in [2.05, 4.69) is 9.97 Å². The maximum absolute atomic E-state index is 13.2. The predicted molar refractivity (Wildman–Crippen MR) is 126 cm³/mol. The largest absolute Gasteiger partial charge is 0.507 e. The number of ketones is 1. The van der Waals surface area contributed by atoms with E-state index in [1.165, 1.54) is 11.1 Å². The van der Waals surface area contributed by atoms with Crippen LogP contribution in [0.1, 0.15) is 49.0 Å². The molecular weight excluding hydrogens is 420 g/mol. The van der Waals surface area contributed by atoms with Gasteiger partial charge >= 0.3 is 0 Å². The zero-order valence-electron chi connectivity index (χ0n) is 20.1. The molecule has 1 aromatic heterocycles. The molecule has 0 aliphatic carbocycles. The number of carbonyl (C=O) groups excluding carboxylic acids is 2. The van der Waals surface area contributed by atoms with Gasteiger partial charge in [-0.05, 0) is 72.5 Å². The van der Waals surface area contributed by atoms with Crippen molar-refractivity contribution in [3.63, 3.8) is 0 Å². The van der Waals surface area contributed by atoms with Gasteiger partial charge in [-0.25, -0.2) is 9.97 Å². The molecule has 0 spiro atoms. The molecule has 2 heterocycles. The number of rotatable bonds is 8. The van der Waals surface area contributed by atoms with Crippen molar-refractivity contribution in [3.05, 3.63) is 58.7 Å².